The number of nitrogens with two attached hydrogens (primary N) is 1. The fourth-order valence-corrected chi connectivity index (χ4v) is 2.87. The molecule has 25 heavy (non-hydrogen) atoms. The normalized spacial score (nSPS) is 12.7. The molecule has 3 N–H and O–H groups in total. The summed E-state index contributed by atoms with van der Waals surface area (Å²) in [4.78, 5) is 25.4. The number of hydrogen-bond donors (Lipinski definition) is 2. The average Bonchev–Trinajstić information content (AvgIpc) is 2.62. The number of anilines is 1. The Balaban J connectivity index is 1.96. The molecular formula is C18H16ClNO5. The third-order valence-electron chi connectivity index (χ3n) is 3.89. The van der Waals surface area contributed by atoms with Crippen LogP contribution in [-0.4, -0.2) is 42.4 Å². The summed E-state index contributed by atoms with van der Waals surface area (Å²) in [5.74, 6) is -0.689. The Morgan fingerprint density at radius 2 is 1.64 bits per heavy atom. The van der Waals surface area contributed by atoms with Crippen molar-refractivity contribution in [3.63, 3.8) is 0 Å². The maximum Gasteiger partial charge on any atom is 0.198 e. The highest BCUT2D eigenvalue weighted by Crippen LogP contribution is 2.41. The number of phenolic OH excluding ortho intramolecular Hbond substituents is 1. The van der Waals surface area contributed by atoms with E-state index in [1.807, 2.05) is 0 Å². The lowest BCUT2D eigenvalue weighted by Gasteiger charge is -2.21. The van der Waals surface area contributed by atoms with Gasteiger partial charge in [0, 0.05) is 23.1 Å². The summed E-state index contributed by atoms with van der Waals surface area (Å²) in [6, 6.07) is 7.68. The van der Waals surface area contributed by atoms with Crippen molar-refractivity contribution in [1.29, 1.82) is 0 Å². The van der Waals surface area contributed by atoms with Crippen molar-refractivity contribution >= 4 is 28.9 Å². The standard InChI is InChI=1S/C18H16ClNO5/c19-5-6-24-7-8-25-13-9-12(21)14-15(16(13)20)18(23)11-4-2-1-3-10(11)17(14)22/h1-4,9,21H,5-8,20H2. The number of ether oxygens (including phenoxy) is 2. The smallest absolute Gasteiger partial charge is 0.198 e. The zero-order chi connectivity index (χ0) is 18.0. The van der Waals surface area contributed by atoms with E-state index in [1.54, 1.807) is 24.3 Å². The molecule has 0 aromatic heterocycles. The lowest BCUT2D eigenvalue weighted by molar-refractivity contribution is 0.0975. The van der Waals surface area contributed by atoms with E-state index in [0.717, 1.165) is 0 Å². The Bertz CT molecular complexity index is 850. The Hall–Kier alpha value is -2.57. The van der Waals surface area contributed by atoms with Gasteiger partial charge in [-0.25, -0.2) is 0 Å². The number of rotatable bonds is 6. The number of benzene rings is 2. The summed E-state index contributed by atoms with van der Waals surface area (Å²) >= 11 is 5.51. The first-order valence-corrected chi connectivity index (χ1v) is 8.20. The second kappa shape index (κ2) is 7.13. The summed E-state index contributed by atoms with van der Waals surface area (Å²) in [6.07, 6.45) is 0. The molecule has 0 bridgehead atoms. The van der Waals surface area contributed by atoms with Gasteiger partial charge >= 0.3 is 0 Å². The van der Waals surface area contributed by atoms with E-state index in [4.69, 9.17) is 26.8 Å². The van der Waals surface area contributed by atoms with Gasteiger partial charge in [-0.2, -0.15) is 0 Å². The van der Waals surface area contributed by atoms with Gasteiger partial charge in [0.25, 0.3) is 0 Å². The molecule has 130 valence electrons. The van der Waals surface area contributed by atoms with E-state index in [1.165, 1.54) is 6.07 Å². The van der Waals surface area contributed by atoms with Crippen molar-refractivity contribution in [3.05, 3.63) is 52.6 Å². The highest BCUT2D eigenvalue weighted by atomic mass is 35.5. The first-order chi connectivity index (χ1) is 12.1. The van der Waals surface area contributed by atoms with Gasteiger partial charge in [-0.15, -0.1) is 11.6 Å². The molecule has 0 amide bonds. The van der Waals surface area contributed by atoms with Crippen molar-refractivity contribution in [2.45, 2.75) is 0 Å². The lowest BCUT2D eigenvalue weighted by Crippen LogP contribution is -2.23. The highest BCUT2D eigenvalue weighted by Gasteiger charge is 2.35. The molecule has 0 saturated carbocycles. The number of nitrogen functional groups attached to an aromatic ring is 1. The average molecular weight is 362 g/mol. The monoisotopic (exact) mass is 361 g/mol. The van der Waals surface area contributed by atoms with E-state index in [0.29, 0.717) is 12.5 Å². The number of hydrogen-bond acceptors (Lipinski definition) is 6. The number of alkyl halides is 1. The molecule has 0 heterocycles. The second-order valence-corrected chi connectivity index (χ2v) is 5.79. The molecular weight excluding hydrogens is 346 g/mol. The summed E-state index contributed by atoms with van der Waals surface area (Å²) in [5.41, 5.74) is 6.47. The van der Waals surface area contributed by atoms with Gasteiger partial charge < -0.3 is 20.3 Å². The number of fused-ring (bicyclic) bond motifs is 2. The van der Waals surface area contributed by atoms with Crippen LogP contribution in [0.4, 0.5) is 5.69 Å². The van der Waals surface area contributed by atoms with Crippen LogP contribution in [-0.2, 0) is 4.74 Å². The number of halogens is 1. The molecule has 3 rings (SSSR count). The van der Waals surface area contributed by atoms with Crippen molar-refractivity contribution < 1.29 is 24.2 Å². The van der Waals surface area contributed by atoms with E-state index in [9.17, 15) is 14.7 Å². The van der Waals surface area contributed by atoms with Gasteiger partial charge in [0.05, 0.1) is 30.0 Å². The quantitative estimate of drug-likeness (QED) is 0.303. The van der Waals surface area contributed by atoms with Gasteiger partial charge in [0.15, 0.2) is 11.6 Å². The fraction of sp³-hybridized carbons (Fsp3) is 0.222. The molecule has 0 spiro atoms. The zero-order valence-corrected chi connectivity index (χ0v) is 14.0. The SMILES string of the molecule is Nc1c(OCCOCCCl)cc(O)c2c1C(=O)c1ccccc1C2=O. The summed E-state index contributed by atoms with van der Waals surface area (Å²) in [7, 11) is 0. The van der Waals surface area contributed by atoms with Gasteiger partial charge in [-0.1, -0.05) is 24.3 Å². The number of carbonyl (C=O) groups excluding carboxylic acids is 2. The van der Waals surface area contributed by atoms with Crippen LogP contribution in [0, 0.1) is 0 Å². The molecule has 0 aliphatic heterocycles. The number of aromatic hydroxyl groups is 1. The number of phenols is 1. The second-order valence-electron chi connectivity index (χ2n) is 5.41. The van der Waals surface area contributed by atoms with Crippen molar-refractivity contribution in [3.8, 4) is 11.5 Å². The van der Waals surface area contributed by atoms with E-state index in [-0.39, 0.29) is 52.7 Å². The molecule has 0 unspecified atom stereocenters. The van der Waals surface area contributed by atoms with Crippen LogP contribution < -0.4 is 10.5 Å². The van der Waals surface area contributed by atoms with Crippen LogP contribution in [0.5, 0.6) is 11.5 Å². The molecule has 0 fully saturated rings. The Morgan fingerprint density at radius 1 is 1.00 bits per heavy atom. The minimum absolute atomic E-state index is 0.0259. The molecule has 1 aliphatic rings. The molecule has 0 radical (unpaired) electrons. The van der Waals surface area contributed by atoms with Crippen LogP contribution in [0.1, 0.15) is 31.8 Å². The van der Waals surface area contributed by atoms with Crippen LogP contribution in [0.3, 0.4) is 0 Å². The molecule has 6 nitrogen and oxygen atoms in total. The van der Waals surface area contributed by atoms with Gasteiger partial charge in [0.2, 0.25) is 0 Å². The molecule has 7 heteroatoms. The molecule has 2 aromatic carbocycles. The Kier molecular flexibility index (Phi) is 4.92. The third kappa shape index (κ3) is 3.06. The van der Waals surface area contributed by atoms with Crippen LogP contribution in [0.15, 0.2) is 30.3 Å². The van der Waals surface area contributed by atoms with Crippen LogP contribution in [0.2, 0.25) is 0 Å². The Morgan fingerprint density at radius 3 is 2.28 bits per heavy atom. The predicted octanol–water partition coefficient (Wildman–Crippen LogP) is 2.38. The van der Waals surface area contributed by atoms with Crippen LogP contribution >= 0.6 is 11.6 Å². The first kappa shape index (κ1) is 17.3. The zero-order valence-electron chi connectivity index (χ0n) is 13.3. The summed E-state index contributed by atoms with van der Waals surface area (Å²) in [6.45, 7) is 0.831. The summed E-state index contributed by atoms with van der Waals surface area (Å²) < 4.78 is 10.7. The third-order valence-corrected chi connectivity index (χ3v) is 4.04. The van der Waals surface area contributed by atoms with Gasteiger partial charge in [-0.3, -0.25) is 9.59 Å². The Labute approximate surface area is 149 Å². The van der Waals surface area contributed by atoms with Crippen molar-refractivity contribution in [1.82, 2.24) is 0 Å². The molecule has 0 atom stereocenters. The highest BCUT2D eigenvalue weighted by molar-refractivity contribution is 6.31. The van der Waals surface area contributed by atoms with Gasteiger partial charge in [-0.05, 0) is 0 Å². The molecule has 0 saturated heterocycles. The van der Waals surface area contributed by atoms with E-state index >= 15 is 0 Å². The van der Waals surface area contributed by atoms with Crippen LogP contribution in [0.25, 0.3) is 0 Å². The van der Waals surface area contributed by atoms with E-state index in [2.05, 4.69) is 0 Å². The van der Waals surface area contributed by atoms with Crippen molar-refractivity contribution in [2.75, 3.05) is 31.4 Å². The maximum absolute atomic E-state index is 12.8. The number of ketones is 2. The molecule has 2 aromatic rings. The minimum Gasteiger partial charge on any atom is -0.507 e. The maximum atomic E-state index is 12.8. The fourth-order valence-electron chi connectivity index (χ4n) is 2.76. The van der Waals surface area contributed by atoms with Crippen molar-refractivity contribution in [2.24, 2.45) is 0 Å². The molecule has 1 aliphatic carbocycles. The minimum atomic E-state index is -0.439. The van der Waals surface area contributed by atoms with E-state index < -0.39 is 11.6 Å². The summed E-state index contributed by atoms with van der Waals surface area (Å²) in [5, 5.41) is 10.3. The lowest BCUT2D eigenvalue weighted by atomic mass is 9.82. The number of carbonyl (C=O) groups is 2. The largest absolute Gasteiger partial charge is 0.507 e. The first-order valence-electron chi connectivity index (χ1n) is 7.66. The topological polar surface area (TPSA) is 98.8 Å². The van der Waals surface area contributed by atoms with Gasteiger partial charge in [0.1, 0.15) is 18.1 Å². The predicted molar refractivity (Wildman–Crippen MR) is 92.9 cm³/mol.